The minimum atomic E-state index is -6.49. The molecule has 1 amide bonds. The lowest BCUT2D eigenvalue weighted by Gasteiger charge is -2.56. The van der Waals surface area contributed by atoms with Crippen molar-refractivity contribution in [2.24, 2.45) is 17.8 Å². The highest BCUT2D eigenvalue weighted by molar-refractivity contribution is 7.87. The summed E-state index contributed by atoms with van der Waals surface area (Å²) in [5, 5.41) is -3.36. The summed E-state index contributed by atoms with van der Waals surface area (Å²) < 4.78 is 139. The molecule has 0 heterocycles. The average molecular weight is 602 g/mol. The zero-order valence-corrected chi connectivity index (χ0v) is 21.7. The van der Waals surface area contributed by atoms with Crippen LogP contribution in [0.25, 0.3) is 0 Å². The quantitative estimate of drug-likeness (QED) is 0.107. The van der Waals surface area contributed by atoms with E-state index in [0.717, 1.165) is 19.3 Å². The van der Waals surface area contributed by atoms with E-state index in [1.807, 2.05) is 0 Å². The van der Waals surface area contributed by atoms with Crippen LogP contribution in [-0.4, -0.2) is 66.9 Å². The molecule has 0 aromatic carbocycles. The SMILES string of the molecule is CCOC(=O)C(OCCCCC(F)(F)C(F)(F)S(=O)(=O)O)(OC(=O)NC12CC3CC(CC(C3)C1)C2)C(F)(F)F. The van der Waals surface area contributed by atoms with Crippen molar-refractivity contribution in [3.05, 3.63) is 0 Å². The number of alkyl carbamates (subject to hydrolysis) is 1. The Bertz CT molecular complexity index is 1000. The summed E-state index contributed by atoms with van der Waals surface area (Å²) in [4.78, 5) is 25.1. The van der Waals surface area contributed by atoms with E-state index in [9.17, 15) is 48.7 Å². The second-order valence-corrected chi connectivity index (χ2v) is 12.0. The van der Waals surface area contributed by atoms with Gasteiger partial charge in [0.15, 0.2) is 0 Å². The molecule has 4 aliphatic carbocycles. The first-order chi connectivity index (χ1) is 17.8. The van der Waals surface area contributed by atoms with E-state index in [0.29, 0.717) is 37.0 Å². The highest BCUT2D eigenvalue weighted by Gasteiger charge is 2.68. The maximum absolute atomic E-state index is 14.1. The minimum Gasteiger partial charge on any atom is -0.461 e. The van der Waals surface area contributed by atoms with Crippen LogP contribution in [0.2, 0.25) is 0 Å². The van der Waals surface area contributed by atoms with E-state index < -0.39 is 83.3 Å². The lowest BCUT2D eigenvalue weighted by Crippen LogP contribution is -2.63. The maximum atomic E-state index is 14.1. The van der Waals surface area contributed by atoms with E-state index in [2.05, 4.69) is 19.5 Å². The smallest absolute Gasteiger partial charge is 0.461 e. The Morgan fingerprint density at radius 2 is 1.46 bits per heavy atom. The van der Waals surface area contributed by atoms with Crippen molar-refractivity contribution in [3.8, 4) is 0 Å². The normalized spacial score (nSPS) is 28.6. The summed E-state index contributed by atoms with van der Waals surface area (Å²) in [6.07, 6.45) is -6.50. The van der Waals surface area contributed by atoms with Gasteiger partial charge in [-0.25, -0.2) is 9.59 Å². The number of carbonyl (C=O) groups is 2. The van der Waals surface area contributed by atoms with Gasteiger partial charge in [0.1, 0.15) is 0 Å². The van der Waals surface area contributed by atoms with E-state index in [1.165, 1.54) is 6.92 Å². The zero-order valence-electron chi connectivity index (χ0n) is 20.9. The second-order valence-electron chi connectivity index (χ2n) is 10.5. The molecule has 226 valence electrons. The number of amides is 1. The Balaban J connectivity index is 1.69. The first kappa shape index (κ1) is 31.6. The maximum Gasteiger partial charge on any atom is 0.468 e. The Kier molecular flexibility index (Phi) is 8.79. The van der Waals surface area contributed by atoms with Crippen LogP contribution in [0.15, 0.2) is 0 Å². The molecule has 0 aromatic rings. The number of carbonyl (C=O) groups excluding carboxylic acids is 2. The monoisotopic (exact) mass is 601 g/mol. The predicted octanol–water partition coefficient (Wildman–Crippen LogP) is 4.81. The number of esters is 1. The summed E-state index contributed by atoms with van der Waals surface area (Å²) in [6.45, 7) is -0.598. The van der Waals surface area contributed by atoms with Crippen LogP contribution in [0.1, 0.15) is 64.7 Å². The number of ether oxygens (including phenoxy) is 3. The Morgan fingerprint density at radius 3 is 1.90 bits per heavy atom. The van der Waals surface area contributed by atoms with Gasteiger partial charge in [0.05, 0.1) is 13.2 Å². The van der Waals surface area contributed by atoms with Crippen molar-refractivity contribution >= 4 is 22.2 Å². The molecule has 39 heavy (non-hydrogen) atoms. The van der Waals surface area contributed by atoms with Gasteiger partial charge in [-0.2, -0.15) is 39.2 Å². The average Bonchev–Trinajstić information content (AvgIpc) is 2.75. The summed E-state index contributed by atoms with van der Waals surface area (Å²) in [5.74, 6) is -10.8. The van der Waals surface area contributed by atoms with Gasteiger partial charge < -0.3 is 19.5 Å². The number of hydrogen-bond donors (Lipinski definition) is 2. The number of halogens is 7. The third kappa shape index (κ3) is 6.39. The van der Waals surface area contributed by atoms with Crippen molar-refractivity contribution in [3.63, 3.8) is 0 Å². The summed E-state index contributed by atoms with van der Waals surface area (Å²) >= 11 is 0. The van der Waals surface area contributed by atoms with Crippen molar-refractivity contribution < 1.29 is 67.5 Å². The number of nitrogens with one attached hydrogen (secondary N) is 1. The molecule has 4 fully saturated rings. The molecule has 9 nitrogen and oxygen atoms in total. The molecule has 0 spiro atoms. The van der Waals surface area contributed by atoms with Gasteiger partial charge in [-0.05, 0) is 76.0 Å². The molecule has 4 bridgehead atoms. The van der Waals surface area contributed by atoms with Gasteiger partial charge in [0.2, 0.25) is 0 Å². The number of alkyl halides is 7. The fraction of sp³-hybridized carbons (Fsp3) is 0.909. The summed E-state index contributed by atoms with van der Waals surface area (Å²) in [5.41, 5.74) is -0.804. The lowest BCUT2D eigenvalue weighted by molar-refractivity contribution is -0.350. The molecule has 4 aliphatic rings. The molecular weight excluding hydrogens is 571 g/mol. The van der Waals surface area contributed by atoms with Crippen LogP contribution in [0.3, 0.4) is 0 Å². The van der Waals surface area contributed by atoms with Crippen LogP contribution in [0, 0.1) is 17.8 Å². The van der Waals surface area contributed by atoms with Crippen molar-refractivity contribution in [1.29, 1.82) is 0 Å². The Morgan fingerprint density at radius 1 is 0.949 bits per heavy atom. The molecule has 4 saturated carbocycles. The highest BCUT2D eigenvalue weighted by atomic mass is 32.2. The lowest BCUT2D eigenvalue weighted by atomic mass is 9.53. The van der Waals surface area contributed by atoms with Crippen LogP contribution in [-0.2, 0) is 29.1 Å². The highest BCUT2D eigenvalue weighted by Crippen LogP contribution is 2.55. The topological polar surface area (TPSA) is 128 Å². The van der Waals surface area contributed by atoms with Crippen molar-refractivity contribution in [2.45, 2.75) is 93.4 Å². The molecule has 17 heteroatoms. The van der Waals surface area contributed by atoms with Gasteiger partial charge in [0, 0.05) is 12.0 Å². The van der Waals surface area contributed by atoms with Crippen molar-refractivity contribution in [2.75, 3.05) is 13.2 Å². The van der Waals surface area contributed by atoms with Gasteiger partial charge in [-0.3, -0.25) is 4.55 Å². The Labute approximate surface area is 219 Å². The number of hydrogen-bond acceptors (Lipinski definition) is 7. The largest absolute Gasteiger partial charge is 0.468 e. The molecule has 0 aromatic heterocycles. The first-order valence-corrected chi connectivity index (χ1v) is 13.8. The van der Waals surface area contributed by atoms with Gasteiger partial charge >= 0.3 is 45.3 Å². The van der Waals surface area contributed by atoms with E-state index in [4.69, 9.17) is 4.55 Å². The van der Waals surface area contributed by atoms with Crippen LogP contribution >= 0.6 is 0 Å². The Hall–Kier alpha value is -1.88. The van der Waals surface area contributed by atoms with Crippen molar-refractivity contribution in [1.82, 2.24) is 5.32 Å². The second kappa shape index (κ2) is 10.8. The first-order valence-electron chi connectivity index (χ1n) is 12.4. The van der Waals surface area contributed by atoms with Crippen LogP contribution in [0.4, 0.5) is 35.5 Å². The standard InChI is InChI=1S/C22H30F7NO8S/c1-2-36-16(31)20(21(25,26)27,37-6-4-3-5-19(23,24)22(28,29)39(33,34)35)38-17(32)30-18-10-13-7-14(11-18)9-15(8-13)12-18/h13-15H,2-12H2,1H3,(H,30,32)(H,33,34,35). The van der Waals surface area contributed by atoms with E-state index in [1.54, 1.807) is 0 Å². The fourth-order valence-corrected chi connectivity index (χ4v) is 6.73. The number of unbranched alkanes of at least 4 members (excludes halogenated alkanes) is 1. The van der Waals surface area contributed by atoms with Gasteiger partial charge in [0.25, 0.3) is 0 Å². The summed E-state index contributed by atoms with van der Waals surface area (Å²) in [6, 6.07) is 0. The van der Waals surface area contributed by atoms with E-state index in [-0.39, 0.29) is 0 Å². The molecule has 1 unspecified atom stereocenters. The molecule has 2 N–H and O–H groups in total. The zero-order chi connectivity index (χ0) is 29.5. The summed E-state index contributed by atoms with van der Waals surface area (Å²) in [7, 11) is -6.49. The predicted molar refractivity (Wildman–Crippen MR) is 117 cm³/mol. The molecule has 0 radical (unpaired) electrons. The minimum absolute atomic E-state index is 0.302. The van der Waals surface area contributed by atoms with Crippen LogP contribution in [0.5, 0.6) is 0 Å². The molecule has 0 saturated heterocycles. The third-order valence-corrected chi connectivity index (χ3v) is 8.45. The third-order valence-electron chi connectivity index (χ3n) is 7.50. The number of rotatable bonds is 12. The van der Waals surface area contributed by atoms with E-state index >= 15 is 0 Å². The van der Waals surface area contributed by atoms with Crippen LogP contribution < -0.4 is 5.32 Å². The molecule has 4 rings (SSSR count). The fourth-order valence-electron chi connectivity index (χ4n) is 6.25. The molecule has 0 aliphatic heterocycles. The molecule has 1 atom stereocenters. The van der Waals surface area contributed by atoms with Gasteiger partial charge in [-0.15, -0.1) is 0 Å². The molecular formula is C22H30F7NO8S. The van der Waals surface area contributed by atoms with Gasteiger partial charge in [-0.1, -0.05) is 0 Å².